The number of amides is 2. The summed E-state index contributed by atoms with van der Waals surface area (Å²) in [6, 6.07) is 18.5. The van der Waals surface area contributed by atoms with E-state index in [1.165, 1.54) is 0 Å². The molecule has 0 fully saturated rings. The molecule has 2 N–H and O–H groups in total. The van der Waals surface area contributed by atoms with Gasteiger partial charge in [0.05, 0.1) is 11.4 Å². The van der Waals surface area contributed by atoms with Crippen LogP contribution in [0.5, 0.6) is 0 Å². The van der Waals surface area contributed by atoms with E-state index < -0.39 is 0 Å². The summed E-state index contributed by atoms with van der Waals surface area (Å²) in [5.74, 6) is 0.922. The lowest BCUT2D eigenvalue weighted by atomic mass is 10.1. The van der Waals surface area contributed by atoms with E-state index in [4.69, 9.17) is 0 Å². The van der Waals surface area contributed by atoms with Crippen molar-refractivity contribution < 1.29 is 9.59 Å². The number of para-hydroxylation sites is 1. The number of aromatic nitrogens is 3. The fourth-order valence-corrected chi connectivity index (χ4v) is 3.94. The molecular weight excluding hydrogens is 494 g/mol. The van der Waals surface area contributed by atoms with E-state index in [-0.39, 0.29) is 26.7 Å². The molecule has 0 atom stereocenters. The van der Waals surface area contributed by atoms with Crippen molar-refractivity contribution in [3.8, 4) is 0 Å². The molecule has 4 aromatic rings. The SMILES string of the molecule is C.C.CC(C)c1cnc(NC(=O)c2ccccc2)nc1.CC(C)c1ncc(CC(=O)Nc2ccccc2)s1. The highest BCUT2D eigenvalue weighted by Gasteiger charge is 2.10. The molecule has 0 saturated heterocycles. The van der Waals surface area contributed by atoms with Crippen LogP contribution < -0.4 is 10.6 Å². The second-order valence-electron chi connectivity index (χ2n) is 8.73. The molecule has 0 radical (unpaired) electrons. The maximum absolute atomic E-state index is 11.8. The van der Waals surface area contributed by atoms with Crippen LogP contribution in [0.3, 0.4) is 0 Å². The zero-order chi connectivity index (χ0) is 25.9. The van der Waals surface area contributed by atoms with E-state index in [2.05, 4.69) is 53.3 Å². The number of carbonyl (C=O) groups is 2. The lowest BCUT2D eigenvalue weighted by Gasteiger charge is -2.06. The molecule has 2 heterocycles. The van der Waals surface area contributed by atoms with Gasteiger partial charge in [0.2, 0.25) is 11.9 Å². The summed E-state index contributed by atoms with van der Waals surface area (Å²) in [5.41, 5.74) is 2.47. The van der Waals surface area contributed by atoms with Gasteiger partial charge in [-0.25, -0.2) is 15.0 Å². The third-order valence-electron chi connectivity index (χ3n) is 5.06. The lowest BCUT2D eigenvalue weighted by Crippen LogP contribution is -2.14. The maximum atomic E-state index is 11.8. The number of carbonyl (C=O) groups excluding carboxylic acids is 2. The smallest absolute Gasteiger partial charge is 0.258 e. The Balaban J connectivity index is 0.000000361. The van der Waals surface area contributed by atoms with Crippen LogP contribution in [0.15, 0.2) is 79.3 Å². The van der Waals surface area contributed by atoms with Crippen molar-refractivity contribution in [1.82, 2.24) is 15.0 Å². The first-order valence-corrected chi connectivity index (χ1v) is 12.6. The Bertz CT molecular complexity index is 1240. The summed E-state index contributed by atoms with van der Waals surface area (Å²) in [5, 5.41) is 6.61. The Labute approximate surface area is 230 Å². The molecule has 2 amide bonds. The average Bonchev–Trinajstić information content (AvgIpc) is 3.34. The molecule has 202 valence electrons. The van der Waals surface area contributed by atoms with Crippen molar-refractivity contribution in [3.63, 3.8) is 0 Å². The van der Waals surface area contributed by atoms with Gasteiger partial charge in [-0.3, -0.25) is 14.9 Å². The van der Waals surface area contributed by atoms with Crippen LogP contribution in [0.1, 0.15) is 80.2 Å². The zero-order valence-corrected chi connectivity index (χ0v) is 21.8. The van der Waals surface area contributed by atoms with Gasteiger partial charge >= 0.3 is 0 Å². The minimum atomic E-state index is -0.201. The Morgan fingerprint density at radius 2 is 1.34 bits per heavy atom. The largest absolute Gasteiger partial charge is 0.326 e. The van der Waals surface area contributed by atoms with Crippen molar-refractivity contribution in [1.29, 1.82) is 0 Å². The molecule has 8 heteroatoms. The molecule has 0 bridgehead atoms. The molecule has 0 aliphatic carbocycles. The molecule has 0 spiro atoms. The number of anilines is 2. The Kier molecular flexibility index (Phi) is 13.6. The quantitative estimate of drug-likeness (QED) is 0.255. The van der Waals surface area contributed by atoms with Crippen LogP contribution in [-0.2, 0) is 11.2 Å². The van der Waals surface area contributed by atoms with Crippen LogP contribution in [0, 0.1) is 0 Å². The van der Waals surface area contributed by atoms with Crippen molar-refractivity contribution in [2.24, 2.45) is 0 Å². The van der Waals surface area contributed by atoms with Crippen molar-refractivity contribution in [3.05, 3.63) is 100 Å². The van der Waals surface area contributed by atoms with Crippen molar-refractivity contribution in [2.75, 3.05) is 10.6 Å². The average molecular weight is 534 g/mol. The number of benzene rings is 2. The van der Waals surface area contributed by atoms with E-state index in [0.29, 0.717) is 29.8 Å². The molecule has 0 unspecified atom stereocenters. The van der Waals surface area contributed by atoms with Gasteiger partial charge < -0.3 is 5.32 Å². The summed E-state index contributed by atoms with van der Waals surface area (Å²) in [4.78, 5) is 37.2. The van der Waals surface area contributed by atoms with Gasteiger partial charge in [-0.05, 0) is 35.7 Å². The van der Waals surface area contributed by atoms with Crippen LogP contribution in [0.25, 0.3) is 0 Å². The summed E-state index contributed by atoms with van der Waals surface area (Å²) in [6.45, 7) is 8.35. The molecule has 38 heavy (non-hydrogen) atoms. The van der Waals surface area contributed by atoms with E-state index in [1.54, 1.807) is 42.1 Å². The van der Waals surface area contributed by atoms with E-state index in [0.717, 1.165) is 21.1 Å². The molecule has 4 rings (SSSR count). The second kappa shape index (κ2) is 16.0. The predicted molar refractivity (Wildman–Crippen MR) is 159 cm³/mol. The van der Waals surface area contributed by atoms with Crippen LogP contribution in [0.2, 0.25) is 0 Å². The van der Waals surface area contributed by atoms with Crippen molar-refractivity contribution >= 4 is 34.8 Å². The highest BCUT2D eigenvalue weighted by Crippen LogP contribution is 2.21. The highest BCUT2D eigenvalue weighted by molar-refractivity contribution is 7.11. The van der Waals surface area contributed by atoms with Gasteiger partial charge in [0.25, 0.3) is 5.91 Å². The topological polar surface area (TPSA) is 96.9 Å². The summed E-state index contributed by atoms with van der Waals surface area (Å²) < 4.78 is 0. The monoisotopic (exact) mass is 533 g/mol. The number of nitrogens with one attached hydrogen (secondary N) is 2. The Hall–Kier alpha value is -3.91. The van der Waals surface area contributed by atoms with Gasteiger partial charge in [-0.15, -0.1) is 11.3 Å². The second-order valence-corrected chi connectivity index (χ2v) is 9.87. The predicted octanol–water partition coefficient (Wildman–Crippen LogP) is 7.57. The van der Waals surface area contributed by atoms with Gasteiger partial charge in [0.1, 0.15) is 0 Å². The molecule has 2 aromatic heterocycles. The highest BCUT2D eigenvalue weighted by atomic mass is 32.1. The molecule has 0 saturated carbocycles. The van der Waals surface area contributed by atoms with Crippen LogP contribution in [0.4, 0.5) is 11.6 Å². The summed E-state index contributed by atoms with van der Waals surface area (Å²) >= 11 is 1.61. The first kappa shape index (κ1) is 32.1. The molecular formula is C30H39N5O2S. The first-order chi connectivity index (χ1) is 17.3. The maximum Gasteiger partial charge on any atom is 0.258 e. The molecule has 0 aliphatic heterocycles. The van der Waals surface area contributed by atoms with Crippen LogP contribution in [-0.4, -0.2) is 26.8 Å². The number of nitrogens with zero attached hydrogens (tertiary/aromatic N) is 3. The summed E-state index contributed by atoms with van der Waals surface area (Å²) in [6.07, 6.45) is 5.65. The van der Waals surface area contributed by atoms with Gasteiger partial charge in [0.15, 0.2) is 0 Å². The third-order valence-corrected chi connectivity index (χ3v) is 6.36. The van der Waals surface area contributed by atoms with Gasteiger partial charge in [0, 0.05) is 40.6 Å². The van der Waals surface area contributed by atoms with E-state index >= 15 is 0 Å². The zero-order valence-electron chi connectivity index (χ0n) is 20.9. The fraction of sp³-hybridized carbons (Fsp3) is 0.300. The first-order valence-electron chi connectivity index (χ1n) is 11.8. The summed E-state index contributed by atoms with van der Waals surface area (Å²) in [7, 11) is 0. The molecule has 0 aliphatic rings. The minimum absolute atomic E-state index is 0. The fourth-order valence-electron chi connectivity index (χ4n) is 3.02. The number of hydrogen-bond donors (Lipinski definition) is 2. The third kappa shape index (κ3) is 10.2. The molecule has 7 nitrogen and oxygen atoms in total. The number of rotatable bonds is 7. The van der Waals surface area contributed by atoms with Crippen LogP contribution >= 0.6 is 11.3 Å². The molecule has 2 aromatic carbocycles. The Morgan fingerprint density at radius 1 is 0.763 bits per heavy atom. The normalized spacial score (nSPS) is 9.95. The lowest BCUT2D eigenvalue weighted by molar-refractivity contribution is -0.115. The number of hydrogen-bond acceptors (Lipinski definition) is 6. The van der Waals surface area contributed by atoms with E-state index in [1.807, 2.05) is 48.5 Å². The van der Waals surface area contributed by atoms with Gasteiger partial charge in [-0.2, -0.15) is 0 Å². The Morgan fingerprint density at radius 3 is 1.87 bits per heavy atom. The van der Waals surface area contributed by atoms with Crippen molar-refractivity contribution in [2.45, 2.75) is 60.8 Å². The standard InChI is InChI=1S/C14H15N3O.C14H16N2OS.2CH4/c1-10(2)12-8-15-14(16-9-12)17-13(18)11-6-4-3-5-7-11;1-10(2)14-15-9-12(18-14)8-13(17)16-11-6-4-3-5-7-11;;/h3-10H,1-2H3,(H,15,16,17,18);3-7,9-10H,8H2,1-2H3,(H,16,17);2*1H4. The van der Waals surface area contributed by atoms with Gasteiger partial charge in [-0.1, -0.05) is 78.9 Å². The van der Waals surface area contributed by atoms with E-state index in [9.17, 15) is 9.59 Å². The minimum Gasteiger partial charge on any atom is -0.326 e. The number of thiazole rings is 1.